The summed E-state index contributed by atoms with van der Waals surface area (Å²) in [5.41, 5.74) is 0.756. The van der Waals surface area contributed by atoms with Crippen LogP contribution < -0.4 is 4.52 Å². The van der Waals surface area contributed by atoms with E-state index in [9.17, 15) is 4.53 Å². The zero-order chi connectivity index (χ0) is 11.5. The molecule has 0 saturated heterocycles. The van der Waals surface area contributed by atoms with Gasteiger partial charge in [-0.25, -0.2) is 0 Å². The maximum atomic E-state index is 11.7. The van der Waals surface area contributed by atoms with Gasteiger partial charge in [0.25, 0.3) is 0 Å². The van der Waals surface area contributed by atoms with Crippen LogP contribution in [0.5, 0.6) is 5.75 Å². The topological polar surface area (TPSA) is 38.7 Å². The van der Waals surface area contributed by atoms with Gasteiger partial charge in [0.05, 0.1) is 0 Å². The average Bonchev–Trinajstić information content (AvgIpc) is 2.17. The quantitative estimate of drug-likeness (QED) is 0.811. The molecule has 0 radical (unpaired) electrons. The molecule has 0 amide bonds. The van der Waals surface area contributed by atoms with E-state index in [4.69, 9.17) is 9.42 Å². The third-order valence-electron chi connectivity index (χ3n) is 1.93. The highest BCUT2D eigenvalue weighted by Crippen LogP contribution is 2.40. The third kappa shape index (κ3) is 3.42. The molecule has 0 fully saturated rings. The fraction of sp³-hybridized carbons (Fsp3) is 0.400. The lowest BCUT2D eigenvalue weighted by Crippen LogP contribution is -2.12. The maximum absolute atomic E-state index is 11.7. The van der Waals surface area contributed by atoms with Gasteiger partial charge in [-0.05, 0) is 21.6 Å². The highest BCUT2D eigenvalue weighted by Gasteiger charge is 2.21. The number of para-hydroxylation sites is 1. The minimum Gasteiger partial charge on any atom is -0.425 e. The lowest BCUT2D eigenvalue weighted by Gasteiger charge is -2.22. The lowest BCUT2D eigenvalue weighted by molar-refractivity contribution is -0.0178. The van der Waals surface area contributed by atoms with Crippen LogP contribution in [0.25, 0.3) is 0 Å². The van der Waals surface area contributed by atoms with Crippen molar-refractivity contribution in [1.29, 1.82) is 0 Å². The van der Waals surface area contributed by atoms with E-state index in [-0.39, 0.29) is 5.41 Å². The minimum absolute atomic E-state index is 0.136. The van der Waals surface area contributed by atoms with E-state index >= 15 is 0 Å². The van der Waals surface area contributed by atoms with Crippen molar-refractivity contribution in [2.75, 3.05) is 0 Å². The van der Waals surface area contributed by atoms with Crippen molar-refractivity contribution in [3.05, 3.63) is 29.8 Å². The Morgan fingerprint density at radius 2 is 1.87 bits per heavy atom. The molecule has 0 aromatic heterocycles. The summed E-state index contributed by atoms with van der Waals surface area (Å²) in [4.78, 5) is 8.95. The van der Waals surface area contributed by atoms with E-state index in [0.717, 1.165) is 5.56 Å². The zero-order valence-electron chi connectivity index (χ0n) is 8.90. The number of halogens is 1. The summed E-state index contributed by atoms with van der Waals surface area (Å²) in [5.74, 6) is 0.441. The second-order valence-electron chi connectivity index (χ2n) is 4.14. The molecule has 1 rings (SSSR count). The predicted molar refractivity (Wildman–Crippen MR) is 57.1 cm³/mol. The van der Waals surface area contributed by atoms with Crippen molar-refractivity contribution in [1.82, 2.24) is 0 Å². The van der Waals surface area contributed by atoms with E-state index in [0.29, 0.717) is 5.75 Å². The molecule has 0 aliphatic heterocycles. The molecule has 5 heteroatoms. The summed E-state index contributed by atoms with van der Waals surface area (Å²) in [7, 11) is -2.48. The molecule has 0 aliphatic rings. The Kier molecular flexibility index (Phi) is 4.03. The van der Waals surface area contributed by atoms with Gasteiger partial charge in [-0.3, -0.25) is 0 Å². The van der Waals surface area contributed by atoms with Crippen molar-refractivity contribution in [3.63, 3.8) is 0 Å². The summed E-state index contributed by atoms with van der Waals surface area (Å²) in [6, 6.07) is 7.16. The van der Waals surface area contributed by atoms with Crippen LogP contribution in [-0.2, 0) is 10.1 Å². The monoisotopic (exact) mass is 232 g/mol. The zero-order valence-corrected chi connectivity index (χ0v) is 9.79. The number of hydrogen-bond donors (Lipinski definition) is 1. The van der Waals surface area contributed by atoms with Crippen LogP contribution in [0.4, 0.5) is 4.53 Å². The van der Waals surface area contributed by atoms with Crippen molar-refractivity contribution in [3.8, 4) is 5.75 Å². The smallest absolute Gasteiger partial charge is 0.425 e. The molecule has 84 valence electrons. The van der Waals surface area contributed by atoms with Crippen molar-refractivity contribution in [2.24, 2.45) is 0 Å². The van der Waals surface area contributed by atoms with Gasteiger partial charge in [-0.2, -0.15) is 0 Å². The molecule has 0 saturated carbocycles. The van der Waals surface area contributed by atoms with Gasteiger partial charge in [0, 0.05) is 0 Å². The Balaban J connectivity index is 2.97. The highest BCUT2D eigenvalue weighted by molar-refractivity contribution is 7.40. The molecule has 1 unspecified atom stereocenters. The second kappa shape index (κ2) is 4.88. The van der Waals surface area contributed by atoms with Crippen LogP contribution in [0, 0.1) is 0 Å². The molecule has 1 atom stereocenters. The van der Waals surface area contributed by atoms with E-state index in [1.807, 2.05) is 32.9 Å². The van der Waals surface area contributed by atoms with Gasteiger partial charge in [0.15, 0.2) is 0 Å². The summed E-state index contributed by atoms with van der Waals surface area (Å²) in [6.07, 6.45) is 0. The summed E-state index contributed by atoms with van der Waals surface area (Å²) in [5, 5.41) is 0. The largest absolute Gasteiger partial charge is 0.428 e. The van der Waals surface area contributed by atoms with Crippen LogP contribution in [0.1, 0.15) is 26.3 Å². The van der Waals surface area contributed by atoms with E-state index in [2.05, 4.69) is 4.73 Å². The molecule has 3 nitrogen and oxygen atoms in total. The summed E-state index contributed by atoms with van der Waals surface area (Å²) < 4.78 is 19.8. The highest BCUT2D eigenvalue weighted by atomic mass is 31.2. The molecule has 1 aromatic rings. The Bertz CT molecular complexity index is 325. The third-order valence-corrected chi connectivity index (χ3v) is 2.40. The number of benzene rings is 1. The molecule has 0 heterocycles. The van der Waals surface area contributed by atoms with Crippen molar-refractivity contribution in [2.45, 2.75) is 26.2 Å². The van der Waals surface area contributed by atoms with E-state index in [1.54, 1.807) is 12.1 Å². The van der Waals surface area contributed by atoms with Gasteiger partial charge in [-0.15, -0.1) is 0 Å². The van der Waals surface area contributed by atoms with Gasteiger partial charge >= 0.3 is 8.60 Å². The number of hydrogen-bond acceptors (Lipinski definition) is 3. The average molecular weight is 232 g/mol. The SMILES string of the molecule is CC(C)(C)c1ccccc1OP(O)OF. The molecule has 1 aromatic carbocycles. The first kappa shape index (κ1) is 12.4. The summed E-state index contributed by atoms with van der Waals surface area (Å²) >= 11 is 0. The first-order chi connectivity index (χ1) is 6.95. The Morgan fingerprint density at radius 3 is 2.40 bits per heavy atom. The van der Waals surface area contributed by atoms with Gasteiger partial charge in [0.1, 0.15) is 5.75 Å². The van der Waals surface area contributed by atoms with Crippen LogP contribution in [0.15, 0.2) is 24.3 Å². The van der Waals surface area contributed by atoms with Crippen LogP contribution in [0.3, 0.4) is 0 Å². The lowest BCUT2D eigenvalue weighted by atomic mass is 9.86. The fourth-order valence-electron chi connectivity index (χ4n) is 1.26. The molecule has 0 aliphatic carbocycles. The van der Waals surface area contributed by atoms with Crippen LogP contribution in [0.2, 0.25) is 0 Å². The van der Waals surface area contributed by atoms with Gasteiger partial charge in [-0.1, -0.05) is 43.7 Å². The molecule has 0 bridgehead atoms. The molecular weight excluding hydrogens is 218 g/mol. The Hall–Kier alpha value is -0.700. The fourth-order valence-corrected chi connectivity index (χ4v) is 1.62. The maximum Gasteiger partial charge on any atom is 0.428 e. The first-order valence-corrected chi connectivity index (χ1v) is 5.63. The normalized spacial score (nSPS) is 13.7. The Morgan fingerprint density at radius 1 is 1.27 bits per heavy atom. The first-order valence-electron chi connectivity index (χ1n) is 4.50. The molecular formula is C10H14FO3P. The molecule has 1 N–H and O–H groups in total. The van der Waals surface area contributed by atoms with Gasteiger partial charge in [0.2, 0.25) is 0 Å². The summed E-state index contributed by atoms with van der Waals surface area (Å²) in [6.45, 7) is 6.02. The van der Waals surface area contributed by atoms with Crippen molar-refractivity contribution >= 4 is 8.60 Å². The minimum atomic E-state index is -2.48. The molecule has 15 heavy (non-hydrogen) atoms. The number of rotatable bonds is 3. The van der Waals surface area contributed by atoms with E-state index < -0.39 is 8.60 Å². The molecule has 0 spiro atoms. The van der Waals surface area contributed by atoms with Crippen LogP contribution in [-0.4, -0.2) is 4.89 Å². The van der Waals surface area contributed by atoms with Crippen LogP contribution >= 0.6 is 8.60 Å². The Labute approximate surface area is 89.7 Å². The second-order valence-corrected chi connectivity index (χ2v) is 4.94. The predicted octanol–water partition coefficient (Wildman–Crippen LogP) is 3.48. The standard InChI is InChI=1S/C10H14FO3P/c1-10(2,3)8-6-4-5-7-9(8)13-15(12)14-11/h4-7,12H,1-3H3. The van der Waals surface area contributed by atoms with E-state index in [1.165, 1.54) is 0 Å². The van der Waals surface area contributed by atoms with Gasteiger partial charge < -0.3 is 9.42 Å². The van der Waals surface area contributed by atoms with Crippen molar-refractivity contribution < 1.29 is 18.7 Å².